The molecule has 0 unspecified atom stereocenters. The third kappa shape index (κ3) is 3.48. The van der Waals surface area contributed by atoms with Crippen LogP contribution in [0.3, 0.4) is 0 Å². The number of carbonyl (C=O) groups excluding carboxylic acids is 1. The van der Waals surface area contributed by atoms with Crippen molar-refractivity contribution in [1.29, 1.82) is 0 Å². The van der Waals surface area contributed by atoms with Crippen molar-refractivity contribution in [3.8, 4) is 5.88 Å². The van der Waals surface area contributed by atoms with Crippen molar-refractivity contribution in [2.24, 2.45) is 7.05 Å². The van der Waals surface area contributed by atoms with E-state index >= 15 is 0 Å². The Labute approximate surface area is 167 Å². The minimum Gasteiger partial charge on any atom is -0.479 e. The average Bonchev–Trinajstić information content (AvgIpc) is 3.29. The summed E-state index contributed by atoms with van der Waals surface area (Å²) in [4.78, 5) is 19.8. The van der Waals surface area contributed by atoms with Crippen molar-refractivity contribution in [1.82, 2.24) is 14.8 Å². The molecular weight excluding hydrogens is 372 g/mol. The van der Waals surface area contributed by atoms with Gasteiger partial charge in [0.2, 0.25) is 5.88 Å². The Morgan fingerprint density at radius 2 is 2.00 bits per heavy atom. The van der Waals surface area contributed by atoms with Gasteiger partial charge in [-0.3, -0.25) is 14.4 Å². The lowest BCUT2D eigenvalue weighted by Crippen LogP contribution is -2.30. The Morgan fingerprint density at radius 1 is 1.21 bits per heavy atom. The number of aromatic nitrogens is 3. The fourth-order valence-electron chi connectivity index (χ4n) is 3.04. The molecule has 2 aromatic heterocycles. The molecule has 0 spiro atoms. The molecule has 0 aliphatic carbocycles. The highest BCUT2D eigenvalue weighted by Crippen LogP contribution is 2.32. The Balaban J connectivity index is 1.79. The summed E-state index contributed by atoms with van der Waals surface area (Å²) in [7, 11) is 3.28. The zero-order chi connectivity index (χ0) is 19.7. The molecule has 0 N–H and O–H groups in total. The highest BCUT2D eigenvalue weighted by Gasteiger charge is 2.26. The van der Waals surface area contributed by atoms with Gasteiger partial charge in [0, 0.05) is 13.2 Å². The van der Waals surface area contributed by atoms with Crippen molar-refractivity contribution in [3.63, 3.8) is 0 Å². The normalized spacial score (nSPS) is 11.0. The summed E-state index contributed by atoms with van der Waals surface area (Å²) in [6.07, 6.45) is 1.68. The smallest absolute Gasteiger partial charge is 0.267 e. The van der Waals surface area contributed by atoms with E-state index in [9.17, 15) is 4.79 Å². The Kier molecular flexibility index (Phi) is 4.83. The van der Waals surface area contributed by atoms with Crippen LogP contribution in [0, 0.1) is 6.92 Å². The molecule has 0 aliphatic rings. The molecule has 142 valence electrons. The van der Waals surface area contributed by atoms with Crippen molar-refractivity contribution in [2.75, 3.05) is 12.0 Å². The lowest BCUT2D eigenvalue weighted by atomic mass is 10.2. The zero-order valence-corrected chi connectivity index (χ0v) is 16.7. The van der Waals surface area contributed by atoms with Gasteiger partial charge in [0.05, 0.1) is 23.9 Å². The maximum Gasteiger partial charge on any atom is 0.267 e. The number of methoxy groups -OCH3 is 1. The van der Waals surface area contributed by atoms with E-state index in [2.05, 4.69) is 11.2 Å². The van der Waals surface area contributed by atoms with Crippen molar-refractivity contribution >= 4 is 32.6 Å². The van der Waals surface area contributed by atoms with E-state index < -0.39 is 0 Å². The molecule has 0 saturated carbocycles. The molecule has 0 radical (unpaired) electrons. The van der Waals surface area contributed by atoms with Crippen LogP contribution in [0.2, 0.25) is 0 Å². The van der Waals surface area contributed by atoms with Crippen LogP contribution in [-0.2, 0) is 13.6 Å². The van der Waals surface area contributed by atoms with Crippen LogP contribution in [0.1, 0.15) is 21.5 Å². The van der Waals surface area contributed by atoms with Crippen molar-refractivity contribution < 1.29 is 9.53 Å². The molecule has 4 rings (SSSR count). The second-order valence-electron chi connectivity index (χ2n) is 6.57. The minimum absolute atomic E-state index is 0.190. The Morgan fingerprint density at radius 3 is 2.75 bits per heavy atom. The van der Waals surface area contributed by atoms with Crippen LogP contribution in [0.15, 0.2) is 54.7 Å². The average molecular weight is 392 g/mol. The maximum atomic E-state index is 13.4. The summed E-state index contributed by atoms with van der Waals surface area (Å²) in [5.74, 6) is 0.118. The fraction of sp³-hybridized carbons (Fsp3) is 0.190. The molecule has 0 bridgehead atoms. The second-order valence-corrected chi connectivity index (χ2v) is 7.58. The lowest BCUT2D eigenvalue weighted by Gasteiger charge is -2.19. The number of hydrogen-bond acceptors (Lipinski definition) is 5. The van der Waals surface area contributed by atoms with Gasteiger partial charge >= 0.3 is 0 Å². The Bertz CT molecular complexity index is 1130. The molecule has 7 heteroatoms. The van der Waals surface area contributed by atoms with E-state index in [0.717, 1.165) is 21.3 Å². The molecule has 0 fully saturated rings. The first-order chi connectivity index (χ1) is 13.5. The molecule has 0 saturated heterocycles. The number of amides is 1. The molecule has 0 atom stereocenters. The molecular formula is C21H20N4O2S. The molecule has 2 aromatic carbocycles. The SMILES string of the molecule is COc1nn(C)cc1C(=O)N(Cc1ccccc1)c1nc2ccc(C)cc2s1. The molecule has 6 nitrogen and oxygen atoms in total. The number of anilines is 1. The highest BCUT2D eigenvalue weighted by molar-refractivity contribution is 7.22. The topological polar surface area (TPSA) is 60.3 Å². The van der Waals surface area contributed by atoms with Crippen LogP contribution < -0.4 is 9.64 Å². The third-order valence-electron chi connectivity index (χ3n) is 4.41. The van der Waals surface area contributed by atoms with Crippen LogP contribution >= 0.6 is 11.3 Å². The molecule has 2 heterocycles. The monoisotopic (exact) mass is 392 g/mol. The highest BCUT2D eigenvalue weighted by atomic mass is 32.1. The summed E-state index contributed by atoms with van der Waals surface area (Å²) in [5, 5.41) is 4.87. The first-order valence-electron chi connectivity index (χ1n) is 8.86. The van der Waals surface area contributed by atoms with Gasteiger partial charge in [0.25, 0.3) is 5.91 Å². The van der Waals surface area contributed by atoms with E-state index in [1.807, 2.05) is 49.4 Å². The number of nitrogens with zero attached hydrogens (tertiary/aromatic N) is 4. The molecule has 4 aromatic rings. The standard InChI is InChI=1S/C21H20N4O2S/c1-14-9-10-17-18(11-14)28-21(22-17)25(12-15-7-5-4-6-8-15)20(26)16-13-24(2)23-19(16)27-3/h4-11,13H,12H2,1-3H3. The quantitative estimate of drug-likeness (QED) is 0.511. The number of rotatable bonds is 5. The number of aryl methyl sites for hydroxylation is 2. The van der Waals surface area contributed by atoms with Crippen molar-refractivity contribution in [3.05, 3.63) is 71.4 Å². The van der Waals surface area contributed by atoms with E-state index in [1.54, 1.807) is 22.8 Å². The maximum absolute atomic E-state index is 13.4. The molecule has 0 aliphatic heterocycles. The molecule has 1 amide bonds. The first kappa shape index (κ1) is 18.2. The number of hydrogen-bond donors (Lipinski definition) is 0. The second kappa shape index (κ2) is 7.44. The number of fused-ring (bicyclic) bond motifs is 1. The van der Waals surface area contributed by atoms with Gasteiger partial charge in [-0.05, 0) is 30.2 Å². The van der Waals surface area contributed by atoms with Gasteiger partial charge < -0.3 is 4.74 Å². The predicted octanol–water partition coefficient (Wildman–Crippen LogP) is 4.19. The summed E-state index contributed by atoms with van der Waals surface area (Å²) in [6.45, 7) is 2.46. The number of ether oxygens (including phenoxy) is 1. The van der Waals surface area contributed by atoms with Crippen LogP contribution in [-0.4, -0.2) is 27.8 Å². The largest absolute Gasteiger partial charge is 0.479 e. The lowest BCUT2D eigenvalue weighted by molar-refractivity contribution is 0.0982. The van der Waals surface area contributed by atoms with E-state index in [1.165, 1.54) is 18.4 Å². The summed E-state index contributed by atoms with van der Waals surface area (Å²) >= 11 is 1.51. The number of carbonyl (C=O) groups is 1. The third-order valence-corrected chi connectivity index (χ3v) is 5.45. The van der Waals surface area contributed by atoms with Gasteiger partial charge in [0.15, 0.2) is 5.13 Å². The van der Waals surface area contributed by atoms with Crippen LogP contribution in [0.5, 0.6) is 5.88 Å². The number of thiazole rings is 1. The summed E-state index contributed by atoms with van der Waals surface area (Å²) in [5.41, 5.74) is 3.48. The van der Waals surface area contributed by atoms with E-state index in [0.29, 0.717) is 23.1 Å². The van der Waals surface area contributed by atoms with Gasteiger partial charge in [-0.1, -0.05) is 47.7 Å². The van der Waals surface area contributed by atoms with Gasteiger partial charge in [-0.15, -0.1) is 5.10 Å². The van der Waals surface area contributed by atoms with Gasteiger partial charge in [-0.2, -0.15) is 0 Å². The van der Waals surface area contributed by atoms with Crippen LogP contribution in [0.25, 0.3) is 10.2 Å². The van der Waals surface area contributed by atoms with Gasteiger partial charge in [0.1, 0.15) is 5.56 Å². The minimum atomic E-state index is -0.190. The van der Waals surface area contributed by atoms with E-state index in [4.69, 9.17) is 9.72 Å². The van der Waals surface area contributed by atoms with E-state index in [-0.39, 0.29) is 5.91 Å². The molecule has 28 heavy (non-hydrogen) atoms. The summed E-state index contributed by atoms with van der Waals surface area (Å²) in [6, 6.07) is 16.0. The predicted molar refractivity (Wildman–Crippen MR) is 111 cm³/mol. The van der Waals surface area contributed by atoms with Crippen LogP contribution in [0.4, 0.5) is 5.13 Å². The first-order valence-corrected chi connectivity index (χ1v) is 9.67. The zero-order valence-electron chi connectivity index (χ0n) is 15.9. The Hall–Kier alpha value is -3.19. The van der Waals surface area contributed by atoms with Crippen molar-refractivity contribution in [2.45, 2.75) is 13.5 Å². The fourth-order valence-corrected chi connectivity index (χ4v) is 4.10. The summed E-state index contributed by atoms with van der Waals surface area (Å²) < 4.78 is 7.93. The number of benzene rings is 2. The van der Waals surface area contributed by atoms with Gasteiger partial charge in [-0.25, -0.2) is 4.98 Å².